The van der Waals surface area contributed by atoms with Crippen LogP contribution in [0.15, 0.2) is 30.3 Å². The Hall–Kier alpha value is -2.20. The Morgan fingerprint density at radius 3 is 2.33 bits per heavy atom. The maximum absolute atomic E-state index is 5.88. The number of methoxy groups -OCH3 is 1. The first-order valence-electron chi connectivity index (χ1n) is 9.92. The minimum atomic E-state index is 0.145. The maximum Gasteiger partial charge on any atom is 0.161 e. The fourth-order valence-corrected chi connectivity index (χ4v) is 3.82. The molecule has 1 aliphatic rings. The summed E-state index contributed by atoms with van der Waals surface area (Å²) in [4.78, 5) is 0. The van der Waals surface area contributed by atoms with Crippen molar-refractivity contribution in [3.63, 3.8) is 0 Å². The molecule has 0 saturated carbocycles. The number of hydrogen-bond donors (Lipinski definition) is 1. The number of nitrogens with one attached hydrogen (secondary N) is 1. The first-order valence-corrected chi connectivity index (χ1v) is 9.92. The average molecular weight is 370 g/mol. The zero-order chi connectivity index (χ0) is 19.4. The summed E-state index contributed by atoms with van der Waals surface area (Å²) in [5.74, 6) is 2.99. The summed E-state index contributed by atoms with van der Waals surface area (Å²) in [6.07, 6.45) is 0.992. The molecule has 0 aliphatic carbocycles. The van der Waals surface area contributed by atoms with Crippen LogP contribution in [0.25, 0.3) is 0 Å². The SMILES string of the molecule is CCOc1cc2c(cc1OCC)C(c1ccc(OC)cc1C(C)C)NCC2. The van der Waals surface area contributed by atoms with Gasteiger partial charge in [0.1, 0.15) is 5.75 Å². The second-order valence-corrected chi connectivity index (χ2v) is 7.15. The summed E-state index contributed by atoms with van der Waals surface area (Å²) >= 11 is 0. The Kier molecular flexibility index (Phi) is 6.27. The second-order valence-electron chi connectivity index (χ2n) is 7.15. The fourth-order valence-electron chi connectivity index (χ4n) is 3.82. The first-order chi connectivity index (χ1) is 13.1. The molecule has 0 aromatic heterocycles. The summed E-state index contributed by atoms with van der Waals surface area (Å²) in [7, 11) is 1.72. The van der Waals surface area contributed by atoms with Crippen molar-refractivity contribution in [2.75, 3.05) is 26.9 Å². The van der Waals surface area contributed by atoms with E-state index in [1.165, 1.54) is 22.3 Å². The van der Waals surface area contributed by atoms with E-state index in [2.05, 4.69) is 49.5 Å². The molecule has 0 spiro atoms. The molecule has 2 aromatic rings. The minimum Gasteiger partial charge on any atom is -0.497 e. The van der Waals surface area contributed by atoms with Crippen LogP contribution in [-0.2, 0) is 6.42 Å². The number of rotatable bonds is 7. The van der Waals surface area contributed by atoms with Crippen LogP contribution in [0.3, 0.4) is 0 Å². The zero-order valence-electron chi connectivity index (χ0n) is 17.1. The van der Waals surface area contributed by atoms with Gasteiger partial charge >= 0.3 is 0 Å². The fraction of sp³-hybridized carbons (Fsp3) is 0.478. The number of ether oxygens (including phenoxy) is 3. The van der Waals surface area contributed by atoms with E-state index in [4.69, 9.17) is 14.2 Å². The molecule has 0 saturated heterocycles. The van der Waals surface area contributed by atoms with Crippen LogP contribution >= 0.6 is 0 Å². The Bertz CT molecular complexity index is 785. The molecule has 1 atom stereocenters. The molecule has 1 unspecified atom stereocenters. The topological polar surface area (TPSA) is 39.7 Å². The van der Waals surface area contributed by atoms with Crippen LogP contribution < -0.4 is 19.5 Å². The van der Waals surface area contributed by atoms with Gasteiger partial charge in [0.05, 0.1) is 26.4 Å². The summed E-state index contributed by atoms with van der Waals surface area (Å²) in [6.45, 7) is 10.7. The Balaban J connectivity index is 2.10. The van der Waals surface area contributed by atoms with E-state index >= 15 is 0 Å². The van der Waals surface area contributed by atoms with Crippen molar-refractivity contribution in [3.05, 3.63) is 52.6 Å². The molecular weight excluding hydrogens is 338 g/mol. The molecule has 3 rings (SSSR count). The zero-order valence-corrected chi connectivity index (χ0v) is 17.1. The van der Waals surface area contributed by atoms with Gasteiger partial charge in [-0.15, -0.1) is 0 Å². The molecule has 1 heterocycles. The van der Waals surface area contributed by atoms with Crippen LogP contribution in [0, 0.1) is 0 Å². The van der Waals surface area contributed by atoms with Crippen molar-refractivity contribution in [1.82, 2.24) is 5.32 Å². The van der Waals surface area contributed by atoms with Crippen molar-refractivity contribution in [3.8, 4) is 17.2 Å². The summed E-state index contributed by atoms with van der Waals surface area (Å²) in [6, 6.07) is 10.9. The van der Waals surface area contributed by atoms with Crippen LogP contribution in [0.1, 0.15) is 61.9 Å². The van der Waals surface area contributed by atoms with E-state index in [1.807, 2.05) is 13.8 Å². The minimum absolute atomic E-state index is 0.145. The predicted molar refractivity (Wildman–Crippen MR) is 109 cm³/mol. The van der Waals surface area contributed by atoms with Crippen molar-refractivity contribution in [2.24, 2.45) is 0 Å². The average Bonchev–Trinajstić information content (AvgIpc) is 2.68. The number of fused-ring (bicyclic) bond motifs is 1. The van der Waals surface area contributed by atoms with Gasteiger partial charge in [0.25, 0.3) is 0 Å². The van der Waals surface area contributed by atoms with Gasteiger partial charge in [-0.25, -0.2) is 0 Å². The third-order valence-electron chi connectivity index (χ3n) is 5.09. The molecule has 0 amide bonds. The Morgan fingerprint density at radius 1 is 1.00 bits per heavy atom. The molecule has 0 fully saturated rings. The normalized spacial score (nSPS) is 16.1. The van der Waals surface area contributed by atoms with Crippen molar-refractivity contribution in [1.29, 1.82) is 0 Å². The summed E-state index contributed by atoms with van der Waals surface area (Å²) in [5.41, 5.74) is 5.22. The monoisotopic (exact) mass is 369 g/mol. The highest BCUT2D eigenvalue weighted by atomic mass is 16.5. The molecule has 1 aliphatic heterocycles. The molecule has 146 valence electrons. The first kappa shape index (κ1) is 19.6. The lowest BCUT2D eigenvalue weighted by Crippen LogP contribution is -2.31. The van der Waals surface area contributed by atoms with Crippen LogP contribution in [0.2, 0.25) is 0 Å². The maximum atomic E-state index is 5.88. The van der Waals surface area contributed by atoms with E-state index in [0.29, 0.717) is 19.1 Å². The number of benzene rings is 2. The summed E-state index contributed by atoms with van der Waals surface area (Å²) in [5, 5.41) is 3.71. The van der Waals surface area contributed by atoms with Crippen LogP contribution in [0.4, 0.5) is 0 Å². The van der Waals surface area contributed by atoms with E-state index in [1.54, 1.807) is 7.11 Å². The standard InChI is InChI=1S/C23H31NO3/c1-6-26-21-12-16-10-11-24-23(20(16)14-22(21)27-7-2)18-9-8-17(25-5)13-19(18)15(3)4/h8-9,12-15,23-24H,6-7,10-11H2,1-5H3. The van der Waals surface area contributed by atoms with Crippen LogP contribution in [-0.4, -0.2) is 26.9 Å². The third-order valence-corrected chi connectivity index (χ3v) is 5.09. The summed E-state index contributed by atoms with van der Waals surface area (Å²) < 4.78 is 17.2. The Morgan fingerprint density at radius 2 is 1.70 bits per heavy atom. The van der Waals surface area contributed by atoms with Crippen molar-refractivity contribution in [2.45, 2.75) is 46.1 Å². The van der Waals surface area contributed by atoms with Gasteiger partial charge in [0.15, 0.2) is 11.5 Å². The van der Waals surface area contributed by atoms with Gasteiger partial charge in [-0.05, 0) is 72.7 Å². The lowest BCUT2D eigenvalue weighted by molar-refractivity contribution is 0.286. The number of hydrogen-bond acceptors (Lipinski definition) is 4. The van der Waals surface area contributed by atoms with E-state index in [9.17, 15) is 0 Å². The lowest BCUT2D eigenvalue weighted by Gasteiger charge is -2.31. The van der Waals surface area contributed by atoms with Gasteiger partial charge in [-0.1, -0.05) is 19.9 Å². The van der Waals surface area contributed by atoms with E-state index < -0.39 is 0 Å². The predicted octanol–water partition coefficient (Wildman–Crippen LogP) is 4.85. The van der Waals surface area contributed by atoms with E-state index in [0.717, 1.165) is 30.2 Å². The lowest BCUT2D eigenvalue weighted by atomic mass is 9.84. The van der Waals surface area contributed by atoms with Gasteiger partial charge in [0, 0.05) is 6.54 Å². The molecule has 0 bridgehead atoms. The van der Waals surface area contributed by atoms with Crippen molar-refractivity contribution >= 4 is 0 Å². The van der Waals surface area contributed by atoms with Gasteiger partial charge in [0.2, 0.25) is 0 Å². The second kappa shape index (κ2) is 8.66. The molecule has 4 nitrogen and oxygen atoms in total. The molecule has 4 heteroatoms. The van der Waals surface area contributed by atoms with Gasteiger partial charge in [-0.3, -0.25) is 0 Å². The molecule has 0 radical (unpaired) electrons. The van der Waals surface area contributed by atoms with Gasteiger partial charge in [-0.2, -0.15) is 0 Å². The van der Waals surface area contributed by atoms with Crippen molar-refractivity contribution < 1.29 is 14.2 Å². The highest BCUT2D eigenvalue weighted by Crippen LogP contribution is 2.40. The third kappa shape index (κ3) is 4.06. The molecule has 2 aromatic carbocycles. The van der Waals surface area contributed by atoms with Crippen LogP contribution in [0.5, 0.6) is 17.2 Å². The molecular formula is C23H31NO3. The Labute approximate surface area is 162 Å². The molecule has 27 heavy (non-hydrogen) atoms. The largest absolute Gasteiger partial charge is 0.497 e. The highest BCUT2D eigenvalue weighted by Gasteiger charge is 2.26. The quantitative estimate of drug-likeness (QED) is 0.757. The highest BCUT2D eigenvalue weighted by molar-refractivity contribution is 5.53. The smallest absolute Gasteiger partial charge is 0.161 e. The van der Waals surface area contributed by atoms with Gasteiger partial charge < -0.3 is 19.5 Å². The molecule has 1 N–H and O–H groups in total. The van der Waals surface area contributed by atoms with E-state index in [-0.39, 0.29) is 6.04 Å².